The molecule has 0 aliphatic rings. The van der Waals surface area contributed by atoms with Crippen LogP contribution in [0.1, 0.15) is 19.4 Å². The summed E-state index contributed by atoms with van der Waals surface area (Å²) in [6.45, 7) is 7.20. The lowest BCUT2D eigenvalue weighted by Crippen LogP contribution is -2.36. The molecule has 1 aromatic carbocycles. The van der Waals surface area contributed by atoms with Gasteiger partial charge in [0.1, 0.15) is 5.75 Å². The van der Waals surface area contributed by atoms with E-state index in [0.717, 1.165) is 36.0 Å². The molecule has 0 aliphatic heterocycles. The zero-order chi connectivity index (χ0) is 13.5. The van der Waals surface area contributed by atoms with Crippen LogP contribution in [0.4, 0.5) is 0 Å². The van der Waals surface area contributed by atoms with Crippen LogP contribution < -0.4 is 10.1 Å². The molecular formula is C14H23ClN2O. The van der Waals surface area contributed by atoms with E-state index in [1.807, 2.05) is 18.2 Å². The van der Waals surface area contributed by atoms with Crippen molar-refractivity contribution in [2.24, 2.45) is 0 Å². The maximum Gasteiger partial charge on any atom is 0.123 e. The second kappa shape index (κ2) is 7.62. The van der Waals surface area contributed by atoms with Crippen LogP contribution in [0.3, 0.4) is 0 Å². The molecule has 4 heteroatoms. The first-order valence-corrected chi connectivity index (χ1v) is 6.69. The number of benzene rings is 1. The third-order valence-electron chi connectivity index (χ3n) is 3.01. The summed E-state index contributed by atoms with van der Waals surface area (Å²) in [5.41, 5.74) is 1.09. The molecule has 0 aliphatic carbocycles. The molecule has 102 valence electrons. The second-order valence-electron chi connectivity index (χ2n) is 4.59. The maximum absolute atomic E-state index is 6.00. The van der Waals surface area contributed by atoms with Crippen molar-refractivity contribution >= 4 is 11.6 Å². The van der Waals surface area contributed by atoms with Crippen molar-refractivity contribution in [3.63, 3.8) is 0 Å². The summed E-state index contributed by atoms with van der Waals surface area (Å²) in [6, 6.07) is 6.13. The van der Waals surface area contributed by atoms with Gasteiger partial charge in [-0.05, 0) is 38.7 Å². The Hall–Kier alpha value is -0.770. The highest BCUT2D eigenvalue weighted by Gasteiger charge is 2.07. The van der Waals surface area contributed by atoms with Gasteiger partial charge in [-0.2, -0.15) is 0 Å². The van der Waals surface area contributed by atoms with Gasteiger partial charge in [0.05, 0.1) is 7.11 Å². The average Bonchev–Trinajstić information content (AvgIpc) is 2.36. The summed E-state index contributed by atoms with van der Waals surface area (Å²) in [7, 11) is 3.80. The fraction of sp³-hybridized carbons (Fsp3) is 0.571. The topological polar surface area (TPSA) is 24.5 Å². The fourth-order valence-corrected chi connectivity index (χ4v) is 2.03. The van der Waals surface area contributed by atoms with E-state index in [0.29, 0.717) is 6.04 Å². The standard InChI is InChI=1S/C14H23ClN2O/c1-5-17(3)10-11(2)16-9-12-8-13(15)6-7-14(12)18-4/h6-8,11,16H,5,9-10H2,1-4H3. The fourth-order valence-electron chi connectivity index (χ4n) is 1.83. The van der Waals surface area contributed by atoms with Crippen molar-refractivity contribution in [2.45, 2.75) is 26.4 Å². The molecule has 0 amide bonds. The molecule has 0 fully saturated rings. The zero-order valence-corrected chi connectivity index (χ0v) is 12.4. The lowest BCUT2D eigenvalue weighted by Gasteiger charge is -2.21. The van der Waals surface area contributed by atoms with E-state index >= 15 is 0 Å². The molecular weight excluding hydrogens is 248 g/mol. The molecule has 3 nitrogen and oxygen atoms in total. The van der Waals surface area contributed by atoms with Gasteiger partial charge in [0, 0.05) is 29.7 Å². The molecule has 0 spiro atoms. The third kappa shape index (κ3) is 4.84. The van der Waals surface area contributed by atoms with Crippen molar-refractivity contribution in [2.75, 3.05) is 27.2 Å². The summed E-state index contributed by atoms with van der Waals surface area (Å²) in [4.78, 5) is 2.28. The Morgan fingerprint density at radius 3 is 2.78 bits per heavy atom. The molecule has 0 saturated heterocycles. The quantitative estimate of drug-likeness (QED) is 0.825. The molecule has 0 bridgehead atoms. The highest BCUT2D eigenvalue weighted by atomic mass is 35.5. The number of hydrogen-bond donors (Lipinski definition) is 1. The smallest absolute Gasteiger partial charge is 0.123 e. The molecule has 1 rings (SSSR count). The number of ether oxygens (including phenoxy) is 1. The number of rotatable bonds is 7. The first-order valence-electron chi connectivity index (χ1n) is 6.31. The van der Waals surface area contributed by atoms with E-state index in [-0.39, 0.29) is 0 Å². The summed E-state index contributed by atoms with van der Waals surface area (Å²) in [5.74, 6) is 0.878. The first-order chi connectivity index (χ1) is 8.56. The lowest BCUT2D eigenvalue weighted by molar-refractivity contribution is 0.308. The van der Waals surface area contributed by atoms with Gasteiger partial charge in [-0.1, -0.05) is 18.5 Å². The Kier molecular flexibility index (Phi) is 6.47. The number of nitrogens with one attached hydrogen (secondary N) is 1. The van der Waals surface area contributed by atoms with Crippen molar-refractivity contribution in [3.05, 3.63) is 28.8 Å². The van der Waals surface area contributed by atoms with Gasteiger partial charge in [-0.3, -0.25) is 0 Å². The molecule has 0 aromatic heterocycles. The van der Waals surface area contributed by atoms with E-state index in [4.69, 9.17) is 16.3 Å². The summed E-state index contributed by atoms with van der Waals surface area (Å²) < 4.78 is 5.33. The van der Waals surface area contributed by atoms with Gasteiger partial charge >= 0.3 is 0 Å². The molecule has 1 aromatic rings. The molecule has 1 unspecified atom stereocenters. The monoisotopic (exact) mass is 270 g/mol. The molecule has 0 heterocycles. The number of likely N-dealkylation sites (N-methyl/N-ethyl adjacent to an activating group) is 1. The summed E-state index contributed by atoms with van der Waals surface area (Å²) >= 11 is 6.00. The minimum atomic E-state index is 0.429. The molecule has 18 heavy (non-hydrogen) atoms. The predicted molar refractivity (Wildman–Crippen MR) is 77.5 cm³/mol. The van der Waals surface area contributed by atoms with Crippen LogP contribution in [0, 0.1) is 0 Å². The van der Waals surface area contributed by atoms with Crippen LogP contribution in [0.5, 0.6) is 5.75 Å². The number of halogens is 1. The largest absolute Gasteiger partial charge is 0.496 e. The third-order valence-corrected chi connectivity index (χ3v) is 3.24. The Morgan fingerprint density at radius 2 is 2.17 bits per heavy atom. The van der Waals surface area contributed by atoms with Crippen molar-refractivity contribution in [3.8, 4) is 5.75 Å². The number of methoxy groups -OCH3 is 1. The molecule has 1 N–H and O–H groups in total. The van der Waals surface area contributed by atoms with Gasteiger partial charge in [0.25, 0.3) is 0 Å². The lowest BCUT2D eigenvalue weighted by atomic mass is 10.2. The second-order valence-corrected chi connectivity index (χ2v) is 5.03. The van der Waals surface area contributed by atoms with E-state index in [9.17, 15) is 0 Å². The van der Waals surface area contributed by atoms with Crippen LogP contribution in [0.25, 0.3) is 0 Å². The van der Waals surface area contributed by atoms with Gasteiger partial charge in [0.15, 0.2) is 0 Å². The van der Waals surface area contributed by atoms with Crippen molar-refractivity contribution < 1.29 is 4.74 Å². The SMILES string of the molecule is CCN(C)CC(C)NCc1cc(Cl)ccc1OC. The molecule has 0 radical (unpaired) electrons. The van der Waals surface area contributed by atoms with Crippen molar-refractivity contribution in [1.29, 1.82) is 0 Å². The van der Waals surface area contributed by atoms with Gasteiger partial charge in [0.2, 0.25) is 0 Å². The summed E-state index contributed by atoms with van der Waals surface area (Å²) in [5, 5.41) is 4.23. The Labute approximate surface area is 115 Å². The first kappa shape index (κ1) is 15.3. The van der Waals surface area contributed by atoms with Crippen LogP contribution >= 0.6 is 11.6 Å². The van der Waals surface area contributed by atoms with Gasteiger partial charge < -0.3 is 15.0 Å². The predicted octanol–water partition coefficient (Wildman–Crippen LogP) is 2.78. The van der Waals surface area contributed by atoms with Crippen molar-refractivity contribution in [1.82, 2.24) is 10.2 Å². The molecule has 1 atom stereocenters. The van der Waals surface area contributed by atoms with Gasteiger partial charge in [-0.15, -0.1) is 0 Å². The Morgan fingerprint density at radius 1 is 1.44 bits per heavy atom. The zero-order valence-electron chi connectivity index (χ0n) is 11.7. The van der Waals surface area contributed by atoms with Crippen LogP contribution in [-0.4, -0.2) is 38.2 Å². The minimum absolute atomic E-state index is 0.429. The number of nitrogens with zero attached hydrogens (tertiary/aromatic N) is 1. The van der Waals surface area contributed by atoms with Gasteiger partial charge in [-0.25, -0.2) is 0 Å². The number of hydrogen-bond acceptors (Lipinski definition) is 3. The van der Waals surface area contributed by atoms with E-state index in [1.165, 1.54) is 0 Å². The molecule has 0 saturated carbocycles. The Balaban J connectivity index is 2.54. The van der Waals surface area contributed by atoms with E-state index < -0.39 is 0 Å². The Bertz CT molecular complexity index is 371. The van der Waals surface area contributed by atoms with E-state index in [1.54, 1.807) is 7.11 Å². The summed E-state index contributed by atoms with van der Waals surface area (Å²) in [6.07, 6.45) is 0. The van der Waals surface area contributed by atoms with Crippen LogP contribution in [0.2, 0.25) is 5.02 Å². The maximum atomic E-state index is 6.00. The average molecular weight is 271 g/mol. The highest BCUT2D eigenvalue weighted by molar-refractivity contribution is 6.30. The van der Waals surface area contributed by atoms with E-state index in [2.05, 4.69) is 31.1 Å². The normalized spacial score (nSPS) is 12.8. The van der Waals surface area contributed by atoms with Crippen LogP contribution in [-0.2, 0) is 6.54 Å². The minimum Gasteiger partial charge on any atom is -0.496 e. The van der Waals surface area contributed by atoms with Crippen LogP contribution in [0.15, 0.2) is 18.2 Å². The highest BCUT2D eigenvalue weighted by Crippen LogP contribution is 2.22.